The van der Waals surface area contributed by atoms with Crippen LogP contribution in [0.25, 0.3) is 22.3 Å². The highest BCUT2D eigenvalue weighted by atomic mass is 32.2. The molecule has 0 bridgehead atoms. The average Bonchev–Trinajstić information content (AvgIpc) is 3.46. The number of para-hydroxylation sites is 6. The van der Waals surface area contributed by atoms with E-state index < -0.39 is 0 Å². The average molecular weight is 974 g/mol. The van der Waals surface area contributed by atoms with Crippen LogP contribution in [0.3, 0.4) is 0 Å². The molecule has 0 aromatic heterocycles. The van der Waals surface area contributed by atoms with Crippen LogP contribution < -0.4 is 19.4 Å². The summed E-state index contributed by atoms with van der Waals surface area (Å²) in [5, 5.41) is 0. The first kappa shape index (κ1) is 47.3. The Labute approximate surface area is 440 Å². The van der Waals surface area contributed by atoms with Gasteiger partial charge in [0.05, 0.1) is 22.7 Å². The van der Waals surface area contributed by atoms with Crippen molar-refractivity contribution in [2.24, 2.45) is 0 Å². The Morgan fingerprint density at radius 2 is 0.581 bits per heavy atom. The van der Waals surface area contributed by atoms with Gasteiger partial charge in [-0.3, -0.25) is 0 Å². The van der Waals surface area contributed by atoms with Crippen LogP contribution in [0.15, 0.2) is 289 Å². The number of rotatable bonds is 7. The molecule has 11 aromatic rings. The quantitative estimate of drug-likeness (QED) is 0.158. The first-order valence-corrected chi connectivity index (χ1v) is 25.9. The molecule has 0 radical (unpaired) electrons. The summed E-state index contributed by atoms with van der Waals surface area (Å²) in [4.78, 5) is 9.51. The zero-order chi connectivity index (χ0) is 50.2. The van der Waals surface area contributed by atoms with Crippen molar-refractivity contribution in [3.05, 3.63) is 296 Å². The lowest BCUT2D eigenvalue weighted by Crippen LogP contribution is -2.15. The number of fused-ring (bicyclic) bond motifs is 4. The van der Waals surface area contributed by atoms with Gasteiger partial charge in [0, 0.05) is 38.2 Å². The molecular weight excluding hydrogens is 919 g/mol. The van der Waals surface area contributed by atoms with Gasteiger partial charge in [-0.1, -0.05) is 198 Å². The Morgan fingerprint density at radius 3 is 0.986 bits per heavy atom. The number of benzene rings is 11. The molecule has 74 heavy (non-hydrogen) atoms. The van der Waals surface area contributed by atoms with Crippen LogP contribution in [-0.2, 0) is 0 Å². The molecule has 0 fully saturated rings. The summed E-state index contributed by atoms with van der Waals surface area (Å²) in [6.07, 6.45) is 0. The third-order valence-corrected chi connectivity index (χ3v) is 14.3. The third kappa shape index (κ3) is 10.3. The van der Waals surface area contributed by atoms with E-state index in [-0.39, 0.29) is 0 Å². The largest absolute Gasteiger partial charge is 0.453 e. The minimum Gasteiger partial charge on any atom is -0.453 e. The van der Waals surface area contributed by atoms with Gasteiger partial charge in [0.25, 0.3) is 0 Å². The first-order chi connectivity index (χ1) is 36.4. The van der Waals surface area contributed by atoms with Gasteiger partial charge < -0.3 is 19.4 Å². The fourth-order valence-electron chi connectivity index (χ4n) is 9.36. The van der Waals surface area contributed by atoms with E-state index in [1.54, 1.807) is 0 Å². The van der Waals surface area contributed by atoms with Crippen LogP contribution in [0.1, 0.15) is 16.7 Å². The molecule has 0 amide bonds. The zero-order valence-electron chi connectivity index (χ0n) is 41.7. The van der Waals surface area contributed by atoms with Gasteiger partial charge in [-0.2, -0.15) is 0 Å². The van der Waals surface area contributed by atoms with Gasteiger partial charge in [0.1, 0.15) is 0 Å². The van der Waals surface area contributed by atoms with Crippen LogP contribution in [-0.4, -0.2) is 0 Å². The molecule has 2 heterocycles. The van der Waals surface area contributed by atoms with Gasteiger partial charge in [-0.25, -0.2) is 0 Å². The monoisotopic (exact) mass is 973 g/mol. The van der Waals surface area contributed by atoms with Gasteiger partial charge >= 0.3 is 0 Å². The van der Waals surface area contributed by atoms with E-state index in [9.17, 15) is 0 Å². The predicted octanol–water partition coefficient (Wildman–Crippen LogP) is 20.3. The van der Waals surface area contributed by atoms with E-state index in [2.05, 4.69) is 278 Å². The van der Waals surface area contributed by atoms with Crippen molar-refractivity contribution in [2.75, 3.05) is 14.7 Å². The predicted molar refractivity (Wildman–Crippen MR) is 313 cm³/mol. The summed E-state index contributed by atoms with van der Waals surface area (Å²) in [5.74, 6) is 1.77. The Kier molecular flexibility index (Phi) is 13.9. The molecule has 2 aliphatic rings. The Hall–Kier alpha value is -9.03. The van der Waals surface area contributed by atoms with Crippen molar-refractivity contribution < 1.29 is 4.74 Å². The fourth-order valence-corrected chi connectivity index (χ4v) is 10.4. The Balaban J connectivity index is 0.000000123. The highest BCUT2D eigenvalue weighted by Gasteiger charge is 2.26. The van der Waals surface area contributed by atoms with Crippen LogP contribution in [0.2, 0.25) is 0 Å². The van der Waals surface area contributed by atoms with E-state index in [0.717, 1.165) is 45.6 Å². The summed E-state index contributed by atoms with van der Waals surface area (Å²) in [7, 11) is 0. The number of hydrogen-bond acceptors (Lipinski definition) is 5. The maximum absolute atomic E-state index is 6.01. The van der Waals surface area contributed by atoms with Crippen LogP contribution in [0.5, 0.6) is 11.5 Å². The maximum Gasteiger partial charge on any atom is 0.151 e. The third-order valence-electron chi connectivity index (χ3n) is 13.2. The molecule has 13 rings (SSSR count). The second-order valence-electron chi connectivity index (χ2n) is 18.4. The van der Waals surface area contributed by atoms with Crippen LogP contribution >= 0.6 is 11.8 Å². The van der Waals surface area contributed by atoms with Gasteiger partial charge in [0.2, 0.25) is 0 Å². The minimum absolute atomic E-state index is 0.886. The van der Waals surface area contributed by atoms with Crippen molar-refractivity contribution in [1.82, 2.24) is 0 Å². The molecule has 5 heteroatoms. The summed E-state index contributed by atoms with van der Waals surface area (Å²) in [5.41, 5.74) is 19.1. The number of ether oxygens (including phenoxy) is 1. The Morgan fingerprint density at radius 1 is 0.284 bits per heavy atom. The van der Waals surface area contributed by atoms with Crippen molar-refractivity contribution in [2.45, 2.75) is 30.6 Å². The highest BCUT2D eigenvalue weighted by molar-refractivity contribution is 7.99. The second-order valence-corrected chi connectivity index (χ2v) is 19.5. The zero-order valence-corrected chi connectivity index (χ0v) is 42.5. The molecule has 0 spiro atoms. The van der Waals surface area contributed by atoms with Gasteiger partial charge in [0.15, 0.2) is 11.5 Å². The lowest BCUT2D eigenvalue weighted by molar-refractivity contribution is 0.477. The SMILES string of the molecule is Cc1ccc(N(c2ccc(-c3ccccc3)cc2)c2ccc(-c3ccccc3)cc2)cc1.Cc1ccc(N2c3ccccc3Oc3ccccc32)cc1.Cc1ccc(N2c3ccccc3Sc3ccccc32)cc1. The highest BCUT2D eigenvalue weighted by Crippen LogP contribution is 2.52. The van der Waals surface area contributed by atoms with Gasteiger partial charge in [-0.15, -0.1) is 0 Å². The molecule has 358 valence electrons. The van der Waals surface area contributed by atoms with Crippen LogP contribution in [0, 0.1) is 20.8 Å². The smallest absolute Gasteiger partial charge is 0.151 e. The number of anilines is 9. The van der Waals surface area contributed by atoms with Crippen LogP contribution in [0.4, 0.5) is 51.2 Å². The maximum atomic E-state index is 6.01. The van der Waals surface area contributed by atoms with Crippen molar-refractivity contribution in [3.8, 4) is 33.8 Å². The number of hydrogen-bond donors (Lipinski definition) is 0. The normalized spacial score (nSPS) is 11.7. The van der Waals surface area contributed by atoms with E-state index in [1.165, 1.54) is 65.8 Å². The standard InChI is InChI=1S/C31H25N.C19H15NO.C19H15NS/c1-24-12-18-29(19-13-24)32(30-20-14-27(15-21-30)25-8-4-2-5-9-25)31-22-16-28(17-23-31)26-10-6-3-7-11-26;2*1-14-10-12-15(13-11-14)20-16-6-2-4-8-18(16)21-19-9-5-3-7-17(19)20/h2-23H,1H3;2*2-13H,1H3. The molecule has 0 saturated carbocycles. The fraction of sp³-hybridized carbons (Fsp3) is 0.0435. The summed E-state index contributed by atoms with van der Waals surface area (Å²) >= 11 is 1.84. The lowest BCUT2D eigenvalue weighted by Gasteiger charge is -2.32. The van der Waals surface area contributed by atoms with Gasteiger partial charge in [-0.05, 0) is 152 Å². The van der Waals surface area contributed by atoms with E-state index in [1.807, 2.05) is 48.2 Å². The van der Waals surface area contributed by atoms with E-state index in [0.29, 0.717) is 0 Å². The minimum atomic E-state index is 0.886. The molecule has 0 aliphatic carbocycles. The molecule has 0 saturated heterocycles. The second kappa shape index (κ2) is 21.8. The molecule has 0 atom stereocenters. The molecular formula is C69H55N3OS. The summed E-state index contributed by atoms with van der Waals surface area (Å²) < 4.78 is 6.01. The van der Waals surface area contributed by atoms with Crippen molar-refractivity contribution >= 4 is 62.9 Å². The summed E-state index contributed by atoms with van der Waals surface area (Å²) in [6.45, 7) is 6.35. The summed E-state index contributed by atoms with van der Waals surface area (Å²) in [6, 6.07) is 98.1. The molecule has 2 aliphatic heterocycles. The Bertz CT molecular complexity index is 3310. The molecule has 4 nitrogen and oxygen atoms in total. The van der Waals surface area contributed by atoms with Crippen molar-refractivity contribution in [3.63, 3.8) is 0 Å². The van der Waals surface area contributed by atoms with E-state index in [4.69, 9.17) is 4.74 Å². The molecule has 0 N–H and O–H groups in total. The van der Waals surface area contributed by atoms with Crippen molar-refractivity contribution in [1.29, 1.82) is 0 Å². The lowest BCUT2D eigenvalue weighted by atomic mass is 10.0. The first-order valence-electron chi connectivity index (χ1n) is 25.1. The molecule has 0 unspecified atom stereocenters. The molecule has 11 aromatic carbocycles. The number of nitrogens with zero attached hydrogens (tertiary/aromatic N) is 3. The topological polar surface area (TPSA) is 19.0 Å². The van der Waals surface area contributed by atoms with E-state index >= 15 is 0 Å². The number of aryl methyl sites for hydroxylation is 3.